The van der Waals surface area contributed by atoms with Gasteiger partial charge in [-0.3, -0.25) is 4.90 Å². The average molecular weight is 331 g/mol. The summed E-state index contributed by atoms with van der Waals surface area (Å²) in [6.45, 7) is 11.7. The zero-order chi connectivity index (χ0) is 15.2. The number of ether oxygens (including phenoxy) is 1. The zero-order valence-electron chi connectivity index (χ0n) is 13.3. The summed E-state index contributed by atoms with van der Waals surface area (Å²) in [4.78, 5) is 2.57. The smallest absolute Gasteiger partial charge is 0.0931 e. The number of rotatable bonds is 7. The van der Waals surface area contributed by atoms with Crippen molar-refractivity contribution in [2.24, 2.45) is 5.92 Å². The lowest BCUT2D eigenvalue weighted by Crippen LogP contribution is -2.48. The summed E-state index contributed by atoms with van der Waals surface area (Å²) in [5, 5.41) is 5.83. The number of thiophene rings is 1. The Balaban J connectivity index is 1.88. The molecular weight excluding hydrogens is 304 g/mol. The largest absolute Gasteiger partial charge is 0.379 e. The first-order valence-corrected chi connectivity index (χ1v) is 9.11. The molecule has 0 radical (unpaired) electrons. The van der Waals surface area contributed by atoms with Crippen molar-refractivity contribution in [3.8, 4) is 0 Å². The molecule has 3 nitrogen and oxygen atoms in total. The van der Waals surface area contributed by atoms with E-state index < -0.39 is 0 Å². The third-order valence-corrected chi connectivity index (χ3v) is 5.16. The molecule has 1 aromatic heterocycles. The highest BCUT2D eigenvalue weighted by Gasteiger charge is 2.22. The van der Waals surface area contributed by atoms with E-state index in [2.05, 4.69) is 42.4 Å². The van der Waals surface area contributed by atoms with Gasteiger partial charge >= 0.3 is 0 Å². The van der Waals surface area contributed by atoms with Crippen LogP contribution >= 0.6 is 22.9 Å². The van der Waals surface area contributed by atoms with Crippen LogP contribution in [0.5, 0.6) is 0 Å². The summed E-state index contributed by atoms with van der Waals surface area (Å²) >= 11 is 7.63. The lowest BCUT2D eigenvalue weighted by molar-refractivity contribution is 0.0119. The van der Waals surface area contributed by atoms with Gasteiger partial charge in [-0.1, -0.05) is 25.4 Å². The molecule has 0 aromatic carbocycles. The second-order valence-electron chi connectivity index (χ2n) is 6.25. The second-order valence-corrected chi connectivity index (χ2v) is 7.79. The number of nitrogens with zero attached hydrogens (tertiary/aromatic N) is 1. The monoisotopic (exact) mass is 330 g/mol. The Morgan fingerprint density at radius 1 is 1.33 bits per heavy atom. The molecule has 2 unspecified atom stereocenters. The maximum absolute atomic E-state index is 6.03. The van der Waals surface area contributed by atoms with Crippen LogP contribution in [0, 0.1) is 5.92 Å². The molecule has 0 saturated carbocycles. The fourth-order valence-electron chi connectivity index (χ4n) is 2.83. The molecule has 0 aliphatic carbocycles. The van der Waals surface area contributed by atoms with E-state index in [0.717, 1.165) is 37.2 Å². The molecule has 0 spiro atoms. The molecule has 1 aromatic rings. The number of hydrogen-bond acceptors (Lipinski definition) is 4. The molecule has 1 saturated heterocycles. The molecule has 2 heterocycles. The standard InChI is InChI=1S/C16H27ClN2OS/c1-12(2)8-15(19-4-6-20-7-5-19)10-18-13(3)14-9-16(17)21-11-14/h9,11-13,15,18H,4-8,10H2,1-3H3. The Labute approximate surface area is 137 Å². The van der Waals surface area contributed by atoms with E-state index >= 15 is 0 Å². The summed E-state index contributed by atoms with van der Waals surface area (Å²) in [5.74, 6) is 0.713. The van der Waals surface area contributed by atoms with Gasteiger partial charge in [0.15, 0.2) is 0 Å². The Bertz CT molecular complexity index is 418. The fraction of sp³-hybridized carbons (Fsp3) is 0.750. The molecule has 1 aliphatic heterocycles. The van der Waals surface area contributed by atoms with Crippen LogP contribution in [-0.2, 0) is 4.74 Å². The van der Waals surface area contributed by atoms with Crippen LogP contribution in [0.15, 0.2) is 11.4 Å². The van der Waals surface area contributed by atoms with Crippen molar-refractivity contribution in [2.45, 2.75) is 39.3 Å². The van der Waals surface area contributed by atoms with Gasteiger partial charge in [-0.15, -0.1) is 11.3 Å². The normalized spacial score (nSPS) is 19.9. The van der Waals surface area contributed by atoms with Crippen LogP contribution < -0.4 is 5.32 Å². The van der Waals surface area contributed by atoms with Crippen molar-refractivity contribution in [3.05, 3.63) is 21.3 Å². The van der Waals surface area contributed by atoms with Crippen LogP contribution in [0.3, 0.4) is 0 Å². The molecule has 2 rings (SSSR count). The maximum atomic E-state index is 6.03. The van der Waals surface area contributed by atoms with Gasteiger partial charge in [0.2, 0.25) is 0 Å². The van der Waals surface area contributed by atoms with Crippen molar-refractivity contribution in [1.82, 2.24) is 10.2 Å². The van der Waals surface area contributed by atoms with Gasteiger partial charge in [-0.05, 0) is 36.3 Å². The van der Waals surface area contributed by atoms with Crippen molar-refractivity contribution >= 4 is 22.9 Å². The number of halogens is 1. The minimum absolute atomic E-state index is 0.351. The van der Waals surface area contributed by atoms with Gasteiger partial charge in [0.25, 0.3) is 0 Å². The molecular formula is C16H27ClN2OS. The van der Waals surface area contributed by atoms with Crippen LogP contribution in [-0.4, -0.2) is 43.8 Å². The van der Waals surface area contributed by atoms with Gasteiger partial charge in [-0.2, -0.15) is 0 Å². The quantitative estimate of drug-likeness (QED) is 0.823. The molecule has 5 heteroatoms. The highest BCUT2D eigenvalue weighted by molar-refractivity contribution is 7.14. The number of nitrogens with one attached hydrogen (secondary N) is 1. The van der Waals surface area contributed by atoms with E-state index in [1.165, 1.54) is 12.0 Å². The number of morpholine rings is 1. The summed E-state index contributed by atoms with van der Waals surface area (Å²) in [5.41, 5.74) is 1.29. The van der Waals surface area contributed by atoms with Crippen molar-refractivity contribution in [3.63, 3.8) is 0 Å². The maximum Gasteiger partial charge on any atom is 0.0931 e. The third-order valence-electron chi connectivity index (χ3n) is 4.05. The van der Waals surface area contributed by atoms with E-state index in [-0.39, 0.29) is 0 Å². The van der Waals surface area contributed by atoms with Crippen LogP contribution in [0.1, 0.15) is 38.8 Å². The Morgan fingerprint density at radius 2 is 2.05 bits per heavy atom. The molecule has 1 aliphatic rings. The molecule has 1 fully saturated rings. The van der Waals surface area contributed by atoms with Crippen LogP contribution in [0.2, 0.25) is 4.34 Å². The van der Waals surface area contributed by atoms with E-state index in [1.54, 1.807) is 11.3 Å². The molecule has 0 bridgehead atoms. The van der Waals surface area contributed by atoms with Gasteiger partial charge in [0, 0.05) is 31.7 Å². The predicted octanol–water partition coefficient (Wildman–Crippen LogP) is 3.80. The SMILES string of the molecule is CC(C)CC(CNC(C)c1csc(Cl)c1)N1CCOCC1. The van der Waals surface area contributed by atoms with Crippen LogP contribution in [0.25, 0.3) is 0 Å². The molecule has 21 heavy (non-hydrogen) atoms. The van der Waals surface area contributed by atoms with Gasteiger partial charge < -0.3 is 10.1 Å². The first-order chi connectivity index (χ1) is 10.1. The average Bonchev–Trinajstić information content (AvgIpc) is 2.90. The van der Waals surface area contributed by atoms with Crippen LogP contribution in [0.4, 0.5) is 0 Å². The Morgan fingerprint density at radius 3 is 2.62 bits per heavy atom. The van der Waals surface area contributed by atoms with Crippen molar-refractivity contribution in [2.75, 3.05) is 32.8 Å². The van der Waals surface area contributed by atoms with Gasteiger partial charge in [-0.25, -0.2) is 0 Å². The van der Waals surface area contributed by atoms with E-state index in [0.29, 0.717) is 18.0 Å². The molecule has 1 N–H and O–H groups in total. The minimum Gasteiger partial charge on any atom is -0.379 e. The zero-order valence-corrected chi connectivity index (χ0v) is 14.8. The summed E-state index contributed by atoms with van der Waals surface area (Å²) in [7, 11) is 0. The molecule has 0 amide bonds. The third kappa shape index (κ3) is 5.53. The topological polar surface area (TPSA) is 24.5 Å². The first kappa shape index (κ1) is 17.2. The first-order valence-electron chi connectivity index (χ1n) is 7.85. The fourth-order valence-corrected chi connectivity index (χ4v) is 3.81. The van der Waals surface area contributed by atoms with E-state index in [1.807, 2.05) is 0 Å². The van der Waals surface area contributed by atoms with Crippen molar-refractivity contribution < 1.29 is 4.74 Å². The van der Waals surface area contributed by atoms with Crippen molar-refractivity contribution in [1.29, 1.82) is 0 Å². The van der Waals surface area contributed by atoms with Gasteiger partial charge in [0.1, 0.15) is 0 Å². The second kappa shape index (κ2) is 8.49. The number of hydrogen-bond donors (Lipinski definition) is 1. The molecule has 2 atom stereocenters. The summed E-state index contributed by atoms with van der Waals surface area (Å²) < 4.78 is 6.34. The van der Waals surface area contributed by atoms with Gasteiger partial charge in [0.05, 0.1) is 17.6 Å². The minimum atomic E-state index is 0.351. The summed E-state index contributed by atoms with van der Waals surface area (Å²) in [6.07, 6.45) is 1.23. The molecule has 120 valence electrons. The Hall–Kier alpha value is -0.130. The Kier molecular flexibility index (Phi) is 6.96. The van der Waals surface area contributed by atoms with E-state index in [9.17, 15) is 0 Å². The highest BCUT2D eigenvalue weighted by Crippen LogP contribution is 2.25. The van der Waals surface area contributed by atoms with E-state index in [4.69, 9.17) is 16.3 Å². The predicted molar refractivity (Wildman–Crippen MR) is 91.4 cm³/mol. The lowest BCUT2D eigenvalue weighted by Gasteiger charge is -2.36. The summed E-state index contributed by atoms with van der Waals surface area (Å²) in [6, 6.07) is 3.01. The highest BCUT2D eigenvalue weighted by atomic mass is 35.5. The lowest BCUT2D eigenvalue weighted by atomic mass is 10.0.